The van der Waals surface area contributed by atoms with Crippen LogP contribution < -0.4 is 0 Å². The molecule has 0 saturated carbocycles. The Morgan fingerprint density at radius 2 is 2.54 bits per heavy atom. The molecule has 0 radical (unpaired) electrons. The molecule has 13 heavy (non-hydrogen) atoms. The maximum Gasteiger partial charge on any atom is 0.384 e. The number of nitrogens with zero attached hydrogens (tertiary/aromatic N) is 1. The zero-order valence-corrected chi connectivity index (χ0v) is 7.55. The minimum Gasteiger partial charge on any atom is -0.456 e. The number of aryl methyl sites for hydroxylation is 1. The molecule has 1 aromatic rings. The van der Waals surface area contributed by atoms with Gasteiger partial charge in [0.2, 0.25) is 0 Å². The second-order valence-electron chi connectivity index (χ2n) is 2.38. The molecule has 0 atom stereocenters. The third-order valence-electron chi connectivity index (χ3n) is 1.40. The lowest BCUT2D eigenvalue weighted by atomic mass is 10.3. The van der Waals surface area contributed by atoms with Gasteiger partial charge in [-0.05, 0) is 13.8 Å². The summed E-state index contributed by atoms with van der Waals surface area (Å²) in [5, 5.41) is 6.49. The predicted octanol–water partition coefficient (Wildman–Crippen LogP) is 0.633. The van der Waals surface area contributed by atoms with E-state index in [-0.39, 0.29) is 0 Å². The van der Waals surface area contributed by atoms with Gasteiger partial charge in [-0.1, -0.05) is 5.92 Å². The number of aromatic amines is 1. The van der Waals surface area contributed by atoms with Gasteiger partial charge in [-0.25, -0.2) is 4.79 Å². The topological polar surface area (TPSA) is 55.0 Å². The molecular formula is C9H10N2O2. The van der Waals surface area contributed by atoms with Crippen molar-refractivity contribution in [3.63, 3.8) is 0 Å². The van der Waals surface area contributed by atoms with Gasteiger partial charge < -0.3 is 4.74 Å². The van der Waals surface area contributed by atoms with E-state index in [1.807, 2.05) is 6.92 Å². The first-order chi connectivity index (χ1) is 6.24. The maximum absolute atomic E-state index is 10.8. The number of ether oxygens (including phenoxy) is 1. The van der Waals surface area contributed by atoms with E-state index in [0.717, 1.165) is 5.69 Å². The Labute approximate surface area is 76.3 Å². The fourth-order valence-electron chi connectivity index (χ4n) is 0.762. The van der Waals surface area contributed by atoms with Crippen LogP contribution in [0, 0.1) is 18.8 Å². The van der Waals surface area contributed by atoms with Crippen molar-refractivity contribution in [2.45, 2.75) is 13.8 Å². The molecule has 0 saturated heterocycles. The molecule has 1 heterocycles. The summed E-state index contributed by atoms with van der Waals surface area (Å²) in [4.78, 5) is 10.8. The lowest BCUT2D eigenvalue weighted by Gasteiger charge is -1.90. The summed E-state index contributed by atoms with van der Waals surface area (Å²) in [7, 11) is 0. The van der Waals surface area contributed by atoms with Crippen molar-refractivity contribution < 1.29 is 9.53 Å². The first-order valence-corrected chi connectivity index (χ1v) is 3.92. The van der Waals surface area contributed by atoms with Crippen LogP contribution in [0.1, 0.15) is 18.2 Å². The van der Waals surface area contributed by atoms with Crippen LogP contribution >= 0.6 is 0 Å². The van der Waals surface area contributed by atoms with Gasteiger partial charge in [0, 0.05) is 11.6 Å². The zero-order valence-electron chi connectivity index (χ0n) is 7.55. The van der Waals surface area contributed by atoms with Crippen LogP contribution in [0.4, 0.5) is 0 Å². The summed E-state index contributed by atoms with van der Waals surface area (Å²) in [6.45, 7) is 3.92. The summed E-state index contributed by atoms with van der Waals surface area (Å²) in [6, 6.07) is 0. The molecule has 0 bridgehead atoms. The highest BCUT2D eigenvalue weighted by Crippen LogP contribution is 1.98. The number of carbonyl (C=O) groups is 1. The van der Waals surface area contributed by atoms with Crippen molar-refractivity contribution in [1.82, 2.24) is 10.2 Å². The van der Waals surface area contributed by atoms with Gasteiger partial charge in [-0.3, -0.25) is 5.10 Å². The van der Waals surface area contributed by atoms with Gasteiger partial charge in [-0.15, -0.1) is 0 Å². The third kappa shape index (κ3) is 2.64. The molecule has 0 aromatic carbocycles. The van der Waals surface area contributed by atoms with E-state index < -0.39 is 5.97 Å². The normalized spacial score (nSPS) is 8.77. The molecule has 4 heteroatoms. The quantitative estimate of drug-likeness (QED) is 0.507. The SMILES string of the molecule is CCOC(=O)C#Cc1cn[nH]c1C. The Bertz CT molecular complexity index is 357. The summed E-state index contributed by atoms with van der Waals surface area (Å²) >= 11 is 0. The van der Waals surface area contributed by atoms with Crippen molar-refractivity contribution in [1.29, 1.82) is 0 Å². The minimum atomic E-state index is -0.511. The van der Waals surface area contributed by atoms with Gasteiger partial charge in [0.25, 0.3) is 0 Å². The highest BCUT2D eigenvalue weighted by Gasteiger charge is 1.96. The number of H-pyrrole nitrogens is 1. The molecule has 1 N–H and O–H groups in total. The lowest BCUT2D eigenvalue weighted by molar-refractivity contribution is -0.136. The molecule has 68 valence electrons. The molecule has 0 aliphatic heterocycles. The lowest BCUT2D eigenvalue weighted by Crippen LogP contribution is -1.99. The number of esters is 1. The largest absolute Gasteiger partial charge is 0.456 e. The molecule has 0 unspecified atom stereocenters. The Kier molecular flexibility index (Phi) is 3.09. The number of carbonyl (C=O) groups excluding carboxylic acids is 1. The second-order valence-corrected chi connectivity index (χ2v) is 2.38. The van der Waals surface area contributed by atoms with E-state index in [2.05, 4.69) is 26.8 Å². The molecule has 4 nitrogen and oxygen atoms in total. The Hall–Kier alpha value is -1.76. The number of nitrogens with one attached hydrogen (secondary N) is 1. The number of aromatic nitrogens is 2. The summed E-state index contributed by atoms with van der Waals surface area (Å²) < 4.78 is 4.64. The van der Waals surface area contributed by atoms with Crippen molar-refractivity contribution in [2.75, 3.05) is 6.61 Å². The molecule has 0 spiro atoms. The van der Waals surface area contributed by atoms with Gasteiger partial charge >= 0.3 is 5.97 Å². The van der Waals surface area contributed by atoms with Crippen LogP contribution in [0.3, 0.4) is 0 Å². The monoisotopic (exact) mass is 178 g/mol. The fraction of sp³-hybridized carbons (Fsp3) is 0.333. The first kappa shape index (κ1) is 9.33. The van der Waals surface area contributed by atoms with Crippen LogP contribution in [0.15, 0.2) is 6.20 Å². The van der Waals surface area contributed by atoms with Crippen molar-refractivity contribution in [3.05, 3.63) is 17.5 Å². The van der Waals surface area contributed by atoms with Crippen LogP contribution in [0.2, 0.25) is 0 Å². The van der Waals surface area contributed by atoms with E-state index in [9.17, 15) is 4.79 Å². The predicted molar refractivity (Wildman–Crippen MR) is 46.8 cm³/mol. The van der Waals surface area contributed by atoms with Gasteiger partial charge in [0.1, 0.15) is 0 Å². The molecule has 1 aromatic heterocycles. The smallest absolute Gasteiger partial charge is 0.384 e. The average Bonchev–Trinajstić information content (AvgIpc) is 2.48. The Morgan fingerprint density at radius 3 is 3.08 bits per heavy atom. The van der Waals surface area contributed by atoms with Gasteiger partial charge in [-0.2, -0.15) is 5.10 Å². The number of rotatable bonds is 1. The number of hydrogen-bond acceptors (Lipinski definition) is 3. The van der Waals surface area contributed by atoms with Crippen LogP contribution in [0.5, 0.6) is 0 Å². The number of hydrogen-bond donors (Lipinski definition) is 1. The van der Waals surface area contributed by atoms with E-state index in [1.165, 1.54) is 0 Å². The first-order valence-electron chi connectivity index (χ1n) is 3.92. The van der Waals surface area contributed by atoms with Crippen molar-refractivity contribution in [3.8, 4) is 11.8 Å². The summed E-state index contributed by atoms with van der Waals surface area (Å²) in [5.41, 5.74) is 1.56. The molecule has 0 amide bonds. The van der Waals surface area contributed by atoms with Crippen molar-refractivity contribution in [2.24, 2.45) is 0 Å². The fourth-order valence-corrected chi connectivity index (χ4v) is 0.762. The zero-order chi connectivity index (χ0) is 9.68. The standard InChI is InChI=1S/C9H10N2O2/c1-3-13-9(12)5-4-8-6-10-11-7(8)2/h6H,3H2,1-2H3,(H,10,11). The van der Waals surface area contributed by atoms with E-state index >= 15 is 0 Å². The molecule has 0 fully saturated rings. The average molecular weight is 178 g/mol. The molecule has 0 aliphatic rings. The second kappa shape index (κ2) is 4.31. The van der Waals surface area contributed by atoms with Crippen LogP contribution in [-0.2, 0) is 9.53 Å². The van der Waals surface area contributed by atoms with Crippen molar-refractivity contribution >= 4 is 5.97 Å². The van der Waals surface area contributed by atoms with Gasteiger partial charge in [0.15, 0.2) is 0 Å². The van der Waals surface area contributed by atoms with E-state index in [4.69, 9.17) is 0 Å². The summed E-state index contributed by atoms with van der Waals surface area (Å²) in [5.74, 6) is 4.50. The molecular weight excluding hydrogens is 168 g/mol. The maximum atomic E-state index is 10.8. The van der Waals surface area contributed by atoms with E-state index in [1.54, 1.807) is 13.1 Å². The molecule has 1 rings (SSSR count). The van der Waals surface area contributed by atoms with E-state index in [0.29, 0.717) is 12.2 Å². The minimum absolute atomic E-state index is 0.345. The highest BCUT2D eigenvalue weighted by atomic mass is 16.5. The van der Waals surface area contributed by atoms with Crippen LogP contribution in [-0.4, -0.2) is 22.8 Å². The summed E-state index contributed by atoms with van der Waals surface area (Å²) in [6.07, 6.45) is 1.57. The van der Waals surface area contributed by atoms with Gasteiger partial charge in [0.05, 0.1) is 18.4 Å². The third-order valence-corrected chi connectivity index (χ3v) is 1.40. The molecule has 0 aliphatic carbocycles. The van der Waals surface area contributed by atoms with Crippen LogP contribution in [0.25, 0.3) is 0 Å². The Morgan fingerprint density at radius 1 is 1.77 bits per heavy atom. The Balaban J connectivity index is 2.67. The highest BCUT2D eigenvalue weighted by molar-refractivity contribution is 5.89.